The fourth-order valence-corrected chi connectivity index (χ4v) is 1.35. The van der Waals surface area contributed by atoms with Gasteiger partial charge in [0.05, 0.1) is 0 Å². The topological polar surface area (TPSA) is 0 Å². The summed E-state index contributed by atoms with van der Waals surface area (Å²) in [5.41, 5.74) is 1.12. The van der Waals surface area contributed by atoms with Gasteiger partial charge < -0.3 is 0 Å². The van der Waals surface area contributed by atoms with Gasteiger partial charge in [0.25, 0.3) is 0 Å². The van der Waals surface area contributed by atoms with Crippen LogP contribution in [0.4, 0.5) is 0 Å². The molecule has 0 heterocycles. The fourth-order valence-electron chi connectivity index (χ4n) is 0.967. The van der Waals surface area contributed by atoms with Gasteiger partial charge in [-0.1, -0.05) is 29.8 Å². The third-order valence-electron chi connectivity index (χ3n) is 1.46. The number of halogens is 2. The van der Waals surface area contributed by atoms with Gasteiger partial charge in [0.2, 0.25) is 0 Å². The van der Waals surface area contributed by atoms with Crippen molar-refractivity contribution in [3.05, 3.63) is 34.9 Å². The van der Waals surface area contributed by atoms with Crippen molar-refractivity contribution < 1.29 is 0 Å². The molecule has 1 rings (SSSR count). The third-order valence-corrected chi connectivity index (χ3v) is 1.98. The van der Waals surface area contributed by atoms with Crippen molar-refractivity contribution in [2.24, 2.45) is 0 Å². The van der Waals surface area contributed by atoms with Gasteiger partial charge in [0.1, 0.15) is 0 Å². The minimum atomic E-state index is 0.148. The van der Waals surface area contributed by atoms with Crippen LogP contribution in [0.25, 0.3) is 0 Å². The average molecular weight is 189 g/mol. The maximum absolute atomic E-state index is 5.91. The van der Waals surface area contributed by atoms with Crippen molar-refractivity contribution in [2.45, 2.75) is 18.7 Å². The Balaban J connectivity index is 2.78. The van der Waals surface area contributed by atoms with Crippen LogP contribution in [0, 0.1) is 0 Å². The number of rotatable bonds is 2. The molecule has 1 unspecified atom stereocenters. The van der Waals surface area contributed by atoms with Crippen LogP contribution in [-0.4, -0.2) is 5.38 Å². The SMILES string of the molecule is CC(Cl)Cc1ccccc1Cl. The van der Waals surface area contributed by atoms with Crippen molar-refractivity contribution in [1.29, 1.82) is 0 Å². The molecule has 11 heavy (non-hydrogen) atoms. The molecule has 0 fully saturated rings. The number of hydrogen-bond donors (Lipinski definition) is 0. The second-order valence-corrected chi connectivity index (χ2v) is 3.73. The Morgan fingerprint density at radius 3 is 2.55 bits per heavy atom. The van der Waals surface area contributed by atoms with Gasteiger partial charge in [-0.25, -0.2) is 0 Å². The largest absolute Gasteiger partial charge is 0.123 e. The van der Waals surface area contributed by atoms with Gasteiger partial charge in [-0.05, 0) is 25.0 Å². The minimum absolute atomic E-state index is 0.148. The van der Waals surface area contributed by atoms with Crippen molar-refractivity contribution >= 4 is 23.2 Å². The Morgan fingerprint density at radius 2 is 2.00 bits per heavy atom. The molecule has 0 aromatic heterocycles. The Kier molecular flexibility index (Phi) is 3.22. The van der Waals surface area contributed by atoms with Crippen LogP contribution >= 0.6 is 23.2 Å². The first-order valence-electron chi connectivity index (χ1n) is 3.57. The molecular formula is C9H10Cl2. The molecule has 0 bridgehead atoms. The highest BCUT2D eigenvalue weighted by molar-refractivity contribution is 6.31. The summed E-state index contributed by atoms with van der Waals surface area (Å²) in [6.45, 7) is 1.96. The first kappa shape index (κ1) is 8.89. The van der Waals surface area contributed by atoms with Gasteiger partial charge in [-0.2, -0.15) is 0 Å². The van der Waals surface area contributed by atoms with Crippen LogP contribution < -0.4 is 0 Å². The maximum atomic E-state index is 5.91. The highest BCUT2D eigenvalue weighted by Crippen LogP contribution is 2.17. The fraction of sp³-hybridized carbons (Fsp3) is 0.333. The third kappa shape index (κ3) is 2.72. The number of benzene rings is 1. The van der Waals surface area contributed by atoms with Crippen LogP contribution in [0.2, 0.25) is 5.02 Å². The predicted octanol–water partition coefficient (Wildman–Crippen LogP) is 3.51. The minimum Gasteiger partial charge on any atom is -0.123 e. The lowest BCUT2D eigenvalue weighted by Gasteiger charge is -2.04. The van der Waals surface area contributed by atoms with Crippen LogP contribution in [0.15, 0.2) is 24.3 Å². The highest BCUT2D eigenvalue weighted by Gasteiger charge is 2.01. The monoisotopic (exact) mass is 188 g/mol. The molecular weight excluding hydrogens is 179 g/mol. The predicted molar refractivity (Wildman–Crippen MR) is 50.5 cm³/mol. The summed E-state index contributed by atoms with van der Waals surface area (Å²) in [6.07, 6.45) is 0.835. The summed E-state index contributed by atoms with van der Waals surface area (Å²) < 4.78 is 0. The Labute approximate surface area is 77.1 Å². The lowest BCUT2D eigenvalue weighted by atomic mass is 10.1. The van der Waals surface area contributed by atoms with Gasteiger partial charge in [-0.3, -0.25) is 0 Å². The maximum Gasteiger partial charge on any atom is 0.0438 e. The van der Waals surface area contributed by atoms with E-state index in [1.54, 1.807) is 0 Å². The molecule has 0 aliphatic heterocycles. The smallest absolute Gasteiger partial charge is 0.0438 e. The van der Waals surface area contributed by atoms with Crippen molar-refractivity contribution in [3.8, 4) is 0 Å². The number of alkyl halides is 1. The summed E-state index contributed by atoms with van der Waals surface area (Å²) in [6, 6.07) is 7.78. The average Bonchev–Trinajstić information content (AvgIpc) is 1.93. The number of hydrogen-bond acceptors (Lipinski definition) is 0. The molecule has 60 valence electrons. The molecule has 1 atom stereocenters. The molecule has 0 radical (unpaired) electrons. The van der Waals surface area contributed by atoms with E-state index in [1.165, 1.54) is 0 Å². The van der Waals surface area contributed by atoms with E-state index in [2.05, 4.69) is 0 Å². The lowest BCUT2D eigenvalue weighted by molar-refractivity contribution is 0.932. The molecule has 2 heteroatoms. The second kappa shape index (κ2) is 3.99. The first-order chi connectivity index (χ1) is 5.20. The van der Waals surface area contributed by atoms with Crippen LogP contribution in [0.3, 0.4) is 0 Å². The van der Waals surface area contributed by atoms with E-state index in [0.717, 1.165) is 17.0 Å². The Morgan fingerprint density at radius 1 is 1.36 bits per heavy atom. The van der Waals surface area contributed by atoms with E-state index in [9.17, 15) is 0 Å². The van der Waals surface area contributed by atoms with Crippen LogP contribution in [0.5, 0.6) is 0 Å². The normalized spacial score (nSPS) is 13.0. The molecule has 0 amide bonds. The van der Waals surface area contributed by atoms with Crippen molar-refractivity contribution in [3.63, 3.8) is 0 Å². The quantitative estimate of drug-likeness (QED) is 0.624. The summed E-state index contributed by atoms with van der Waals surface area (Å²) in [4.78, 5) is 0. The highest BCUT2D eigenvalue weighted by atomic mass is 35.5. The van der Waals surface area contributed by atoms with Gasteiger partial charge in [0, 0.05) is 10.4 Å². The van der Waals surface area contributed by atoms with Gasteiger partial charge >= 0.3 is 0 Å². The molecule has 0 N–H and O–H groups in total. The molecule has 0 spiro atoms. The lowest BCUT2D eigenvalue weighted by Crippen LogP contribution is -1.96. The first-order valence-corrected chi connectivity index (χ1v) is 4.39. The zero-order chi connectivity index (χ0) is 8.27. The summed E-state index contributed by atoms with van der Waals surface area (Å²) >= 11 is 11.7. The van der Waals surface area contributed by atoms with E-state index in [1.807, 2.05) is 31.2 Å². The molecule has 1 aromatic rings. The van der Waals surface area contributed by atoms with E-state index in [-0.39, 0.29) is 5.38 Å². The second-order valence-electron chi connectivity index (χ2n) is 2.58. The van der Waals surface area contributed by atoms with Crippen LogP contribution in [-0.2, 0) is 6.42 Å². The van der Waals surface area contributed by atoms with Gasteiger partial charge in [-0.15, -0.1) is 11.6 Å². The van der Waals surface area contributed by atoms with E-state index < -0.39 is 0 Å². The molecule has 1 aromatic carbocycles. The van der Waals surface area contributed by atoms with E-state index in [4.69, 9.17) is 23.2 Å². The standard InChI is InChI=1S/C9H10Cl2/c1-7(10)6-8-4-2-3-5-9(8)11/h2-5,7H,6H2,1H3. The van der Waals surface area contributed by atoms with Crippen molar-refractivity contribution in [2.75, 3.05) is 0 Å². The Hall–Kier alpha value is -0.200. The molecule has 0 nitrogen and oxygen atoms in total. The van der Waals surface area contributed by atoms with E-state index >= 15 is 0 Å². The van der Waals surface area contributed by atoms with E-state index in [0.29, 0.717) is 0 Å². The van der Waals surface area contributed by atoms with Crippen molar-refractivity contribution in [1.82, 2.24) is 0 Å². The van der Waals surface area contributed by atoms with Gasteiger partial charge in [0.15, 0.2) is 0 Å². The zero-order valence-electron chi connectivity index (χ0n) is 6.35. The summed E-state index contributed by atoms with van der Waals surface area (Å²) in [5, 5.41) is 0.954. The molecule has 0 saturated carbocycles. The summed E-state index contributed by atoms with van der Waals surface area (Å²) in [7, 11) is 0. The molecule has 0 aliphatic carbocycles. The molecule has 0 aliphatic rings. The molecule has 0 saturated heterocycles. The Bertz CT molecular complexity index is 231. The summed E-state index contributed by atoms with van der Waals surface area (Å²) in [5.74, 6) is 0. The zero-order valence-corrected chi connectivity index (χ0v) is 7.86. The van der Waals surface area contributed by atoms with Crippen LogP contribution in [0.1, 0.15) is 12.5 Å².